The summed E-state index contributed by atoms with van der Waals surface area (Å²) in [5.41, 5.74) is -0.0291. The van der Waals surface area contributed by atoms with Gasteiger partial charge in [0.1, 0.15) is 11.9 Å². The summed E-state index contributed by atoms with van der Waals surface area (Å²) in [7, 11) is 0. The number of carbonyl (C=O) groups is 1. The summed E-state index contributed by atoms with van der Waals surface area (Å²) >= 11 is 5.47. The van der Waals surface area contributed by atoms with Crippen molar-refractivity contribution in [1.29, 1.82) is 0 Å². The highest BCUT2D eigenvalue weighted by molar-refractivity contribution is 6.17. The Kier molecular flexibility index (Phi) is 6.21. The van der Waals surface area contributed by atoms with Crippen LogP contribution in [0.4, 0.5) is 4.39 Å². The second-order valence-electron chi connectivity index (χ2n) is 3.95. The number of benzene rings is 1. The molecule has 0 aromatic heterocycles. The topological polar surface area (TPSA) is 66.8 Å². The molecule has 4 nitrogen and oxygen atoms in total. The Bertz CT molecular complexity index is 439. The van der Waals surface area contributed by atoms with Gasteiger partial charge in [0, 0.05) is 5.88 Å². The molecule has 0 radical (unpaired) electrons. The Labute approximate surface area is 115 Å². The van der Waals surface area contributed by atoms with Gasteiger partial charge in [-0.15, -0.1) is 11.6 Å². The van der Waals surface area contributed by atoms with Crippen LogP contribution >= 0.6 is 11.6 Å². The van der Waals surface area contributed by atoms with Crippen LogP contribution in [0, 0.1) is 5.82 Å². The molecule has 2 unspecified atom stereocenters. The van der Waals surface area contributed by atoms with E-state index in [1.54, 1.807) is 6.92 Å². The van der Waals surface area contributed by atoms with Crippen LogP contribution in [-0.4, -0.2) is 34.8 Å². The van der Waals surface area contributed by atoms with Gasteiger partial charge in [0.25, 0.3) is 0 Å². The fraction of sp³-hybridized carbons (Fsp3) is 0.462. The van der Waals surface area contributed by atoms with E-state index in [9.17, 15) is 19.4 Å². The van der Waals surface area contributed by atoms with Gasteiger partial charge in [0.2, 0.25) is 0 Å². The maximum atomic E-state index is 13.5. The van der Waals surface area contributed by atoms with Gasteiger partial charge in [0.05, 0.1) is 18.3 Å². The highest BCUT2D eigenvalue weighted by Crippen LogP contribution is 2.22. The second kappa shape index (κ2) is 7.43. The molecule has 1 aromatic rings. The summed E-state index contributed by atoms with van der Waals surface area (Å²) < 4.78 is 18.2. The molecule has 0 bridgehead atoms. The van der Waals surface area contributed by atoms with Crippen molar-refractivity contribution < 1.29 is 24.1 Å². The van der Waals surface area contributed by atoms with Crippen molar-refractivity contribution in [2.24, 2.45) is 0 Å². The number of alkyl halides is 1. The SMILES string of the molecule is CCOC(=O)c1cc(C(O)C(O)CCCl)ccc1F. The minimum Gasteiger partial charge on any atom is -0.462 e. The lowest BCUT2D eigenvalue weighted by atomic mass is 10.0. The lowest BCUT2D eigenvalue weighted by molar-refractivity contribution is 0.0168. The molecule has 0 amide bonds. The summed E-state index contributed by atoms with van der Waals surface area (Å²) in [6, 6.07) is 3.54. The van der Waals surface area contributed by atoms with Crippen LogP contribution in [0.25, 0.3) is 0 Å². The largest absolute Gasteiger partial charge is 0.462 e. The van der Waals surface area contributed by atoms with E-state index in [2.05, 4.69) is 0 Å². The van der Waals surface area contributed by atoms with Crippen LogP contribution in [0.2, 0.25) is 0 Å². The first-order valence-electron chi connectivity index (χ1n) is 5.89. The normalized spacial score (nSPS) is 13.9. The van der Waals surface area contributed by atoms with Gasteiger partial charge < -0.3 is 14.9 Å². The lowest BCUT2D eigenvalue weighted by Crippen LogP contribution is -2.19. The van der Waals surface area contributed by atoms with E-state index >= 15 is 0 Å². The molecule has 6 heteroatoms. The maximum absolute atomic E-state index is 13.5. The zero-order valence-electron chi connectivity index (χ0n) is 10.5. The molecule has 0 aliphatic rings. The van der Waals surface area contributed by atoms with Crippen LogP contribution in [0.3, 0.4) is 0 Å². The third-order valence-electron chi connectivity index (χ3n) is 2.60. The predicted octanol–water partition coefficient (Wildman–Crippen LogP) is 2.03. The van der Waals surface area contributed by atoms with Crippen molar-refractivity contribution in [2.45, 2.75) is 25.6 Å². The fourth-order valence-corrected chi connectivity index (χ4v) is 1.81. The second-order valence-corrected chi connectivity index (χ2v) is 4.33. The van der Waals surface area contributed by atoms with Gasteiger partial charge in [-0.25, -0.2) is 9.18 Å². The minimum atomic E-state index is -1.23. The zero-order valence-corrected chi connectivity index (χ0v) is 11.2. The van der Waals surface area contributed by atoms with Crippen molar-refractivity contribution in [3.8, 4) is 0 Å². The molecule has 0 saturated heterocycles. The quantitative estimate of drug-likeness (QED) is 0.621. The van der Waals surface area contributed by atoms with Crippen molar-refractivity contribution in [3.05, 3.63) is 35.1 Å². The van der Waals surface area contributed by atoms with E-state index in [1.807, 2.05) is 0 Å². The van der Waals surface area contributed by atoms with Crippen LogP contribution in [0.1, 0.15) is 35.4 Å². The number of aliphatic hydroxyl groups excluding tert-OH is 2. The molecular formula is C13H16ClFO4. The van der Waals surface area contributed by atoms with Crippen molar-refractivity contribution in [3.63, 3.8) is 0 Å². The maximum Gasteiger partial charge on any atom is 0.341 e. The molecule has 0 aliphatic heterocycles. The molecule has 0 spiro atoms. The molecule has 0 fully saturated rings. The molecular weight excluding hydrogens is 275 g/mol. The van der Waals surface area contributed by atoms with E-state index in [0.29, 0.717) is 0 Å². The lowest BCUT2D eigenvalue weighted by Gasteiger charge is -2.17. The fourth-order valence-electron chi connectivity index (χ4n) is 1.58. The Hall–Kier alpha value is -1.17. The highest BCUT2D eigenvalue weighted by atomic mass is 35.5. The number of esters is 1. The number of halogens is 2. The standard InChI is InChI=1S/C13H16ClFO4/c1-2-19-13(18)9-7-8(3-4-10(9)15)12(17)11(16)5-6-14/h3-4,7,11-12,16-17H,2,5-6H2,1H3. The zero-order chi connectivity index (χ0) is 14.4. The molecule has 2 atom stereocenters. The van der Waals surface area contributed by atoms with Gasteiger partial charge in [0.15, 0.2) is 0 Å². The Morgan fingerprint density at radius 1 is 1.47 bits per heavy atom. The number of carbonyl (C=O) groups excluding carboxylic acids is 1. The van der Waals surface area contributed by atoms with E-state index in [0.717, 1.165) is 6.07 Å². The molecule has 1 aromatic carbocycles. The summed E-state index contributed by atoms with van der Waals surface area (Å²) in [6.45, 7) is 1.73. The third-order valence-corrected chi connectivity index (χ3v) is 2.81. The van der Waals surface area contributed by atoms with E-state index < -0.39 is 24.0 Å². The van der Waals surface area contributed by atoms with Crippen molar-refractivity contribution >= 4 is 17.6 Å². The van der Waals surface area contributed by atoms with Crippen LogP contribution < -0.4 is 0 Å². The van der Waals surface area contributed by atoms with Crippen LogP contribution in [-0.2, 0) is 4.74 Å². The van der Waals surface area contributed by atoms with Crippen LogP contribution in [0.15, 0.2) is 18.2 Å². The van der Waals surface area contributed by atoms with Gasteiger partial charge in [-0.05, 0) is 31.0 Å². The number of aliphatic hydroxyl groups is 2. The monoisotopic (exact) mass is 290 g/mol. The number of hydrogen-bond donors (Lipinski definition) is 2. The van der Waals surface area contributed by atoms with Gasteiger partial charge in [-0.1, -0.05) is 6.07 Å². The van der Waals surface area contributed by atoms with E-state index in [-0.39, 0.29) is 30.0 Å². The Morgan fingerprint density at radius 2 is 2.16 bits per heavy atom. The van der Waals surface area contributed by atoms with Gasteiger partial charge in [-0.2, -0.15) is 0 Å². The third kappa shape index (κ3) is 4.16. The van der Waals surface area contributed by atoms with Crippen molar-refractivity contribution in [2.75, 3.05) is 12.5 Å². The molecule has 1 rings (SSSR count). The number of ether oxygens (including phenoxy) is 1. The summed E-state index contributed by atoms with van der Waals surface area (Å²) in [4.78, 5) is 11.5. The first kappa shape index (κ1) is 15.9. The smallest absolute Gasteiger partial charge is 0.341 e. The number of hydrogen-bond acceptors (Lipinski definition) is 4. The van der Waals surface area contributed by atoms with Gasteiger partial charge >= 0.3 is 5.97 Å². The van der Waals surface area contributed by atoms with E-state index in [4.69, 9.17) is 16.3 Å². The molecule has 19 heavy (non-hydrogen) atoms. The first-order chi connectivity index (χ1) is 9.01. The van der Waals surface area contributed by atoms with E-state index in [1.165, 1.54) is 12.1 Å². The van der Waals surface area contributed by atoms with Gasteiger partial charge in [-0.3, -0.25) is 0 Å². The summed E-state index contributed by atoms with van der Waals surface area (Å²) in [5, 5.41) is 19.5. The molecule has 106 valence electrons. The van der Waals surface area contributed by atoms with Crippen molar-refractivity contribution in [1.82, 2.24) is 0 Å². The average Bonchev–Trinajstić information content (AvgIpc) is 2.39. The highest BCUT2D eigenvalue weighted by Gasteiger charge is 2.21. The molecule has 0 heterocycles. The molecule has 0 aliphatic carbocycles. The summed E-state index contributed by atoms with van der Waals surface area (Å²) in [6.07, 6.45) is -2.11. The first-order valence-corrected chi connectivity index (χ1v) is 6.43. The molecule has 0 saturated carbocycles. The predicted molar refractivity (Wildman–Crippen MR) is 68.7 cm³/mol. The Morgan fingerprint density at radius 3 is 2.74 bits per heavy atom. The average molecular weight is 291 g/mol. The minimum absolute atomic E-state index is 0.125. The number of rotatable bonds is 6. The summed E-state index contributed by atoms with van der Waals surface area (Å²) in [5.74, 6) is -1.36. The van der Waals surface area contributed by atoms with Crippen LogP contribution in [0.5, 0.6) is 0 Å². The molecule has 2 N–H and O–H groups in total. The Balaban J connectivity index is 2.98.